The molecule has 0 saturated heterocycles. The van der Waals surface area contributed by atoms with E-state index in [9.17, 15) is 0 Å². The number of nitrogens with zero attached hydrogens (tertiary/aromatic N) is 3. The monoisotopic (exact) mass is 189 g/mol. The van der Waals surface area contributed by atoms with Gasteiger partial charge in [-0.25, -0.2) is 9.50 Å². The van der Waals surface area contributed by atoms with Crippen molar-refractivity contribution in [3.8, 4) is 5.75 Å². The second-order valence-electron chi connectivity index (χ2n) is 3.64. The van der Waals surface area contributed by atoms with Gasteiger partial charge in [-0.15, -0.1) is 0 Å². The van der Waals surface area contributed by atoms with Crippen LogP contribution < -0.4 is 4.74 Å². The molecular formula is C10H11N3O. The van der Waals surface area contributed by atoms with Gasteiger partial charge in [-0.05, 0) is 12.8 Å². The molecule has 14 heavy (non-hydrogen) atoms. The van der Waals surface area contributed by atoms with Crippen LogP contribution in [0.25, 0.3) is 5.65 Å². The molecule has 4 nitrogen and oxygen atoms in total. The minimum Gasteiger partial charge on any atom is -0.494 e. The molecule has 1 aliphatic rings. The summed E-state index contributed by atoms with van der Waals surface area (Å²) in [4.78, 5) is 4.26. The molecule has 72 valence electrons. The van der Waals surface area contributed by atoms with Crippen LogP contribution in [0.3, 0.4) is 0 Å². The van der Waals surface area contributed by atoms with Gasteiger partial charge < -0.3 is 4.74 Å². The molecule has 0 spiro atoms. The van der Waals surface area contributed by atoms with Crippen molar-refractivity contribution in [2.75, 3.05) is 7.11 Å². The Kier molecular flexibility index (Phi) is 1.50. The maximum Gasteiger partial charge on any atom is 0.155 e. The first kappa shape index (κ1) is 7.79. The molecule has 1 saturated carbocycles. The lowest BCUT2D eigenvalue weighted by molar-refractivity contribution is 0.409. The molecule has 0 N–H and O–H groups in total. The third kappa shape index (κ3) is 1.14. The van der Waals surface area contributed by atoms with Crippen LogP contribution in [0.15, 0.2) is 18.5 Å². The predicted molar refractivity (Wildman–Crippen MR) is 51.5 cm³/mol. The molecule has 2 aromatic heterocycles. The van der Waals surface area contributed by atoms with E-state index in [1.165, 1.54) is 12.8 Å². The first-order chi connectivity index (χ1) is 6.86. The first-order valence-corrected chi connectivity index (χ1v) is 4.76. The van der Waals surface area contributed by atoms with Crippen LogP contribution in [0.1, 0.15) is 24.5 Å². The zero-order valence-electron chi connectivity index (χ0n) is 7.97. The molecule has 1 aliphatic carbocycles. The normalized spacial score (nSPS) is 16.1. The zero-order valence-corrected chi connectivity index (χ0v) is 7.97. The third-order valence-corrected chi connectivity index (χ3v) is 2.54. The van der Waals surface area contributed by atoms with Gasteiger partial charge in [0.25, 0.3) is 0 Å². The summed E-state index contributed by atoms with van der Waals surface area (Å²) in [5, 5.41) is 4.46. The van der Waals surface area contributed by atoms with Crippen molar-refractivity contribution in [1.29, 1.82) is 0 Å². The standard InChI is InChI=1S/C10H11N3O/c1-14-8-5-11-10-4-9(7-2-3-7)12-13(10)6-8/h4-7H,2-3H2,1H3. The summed E-state index contributed by atoms with van der Waals surface area (Å²) in [7, 11) is 1.63. The lowest BCUT2D eigenvalue weighted by atomic mass is 10.3. The van der Waals surface area contributed by atoms with E-state index in [1.807, 2.05) is 6.20 Å². The summed E-state index contributed by atoms with van der Waals surface area (Å²) >= 11 is 0. The molecule has 0 atom stereocenters. The number of aromatic nitrogens is 3. The largest absolute Gasteiger partial charge is 0.494 e. The van der Waals surface area contributed by atoms with Gasteiger partial charge in [0.2, 0.25) is 0 Å². The van der Waals surface area contributed by atoms with Gasteiger partial charge in [-0.2, -0.15) is 5.10 Å². The second-order valence-corrected chi connectivity index (χ2v) is 3.64. The Balaban J connectivity index is 2.12. The Morgan fingerprint density at radius 1 is 1.50 bits per heavy atom. The molecule has 0 aromatic carbocycles. The van der Waals surface area contributed by atoms with E-state index in [0.29, 0.717) is 5.92 Å². The van der Waals surface area contributed by atoms with Crippen LogP contribution in [0, 0.1) is 0 Å². The van der Waals surface area contributed by atoms with E-state index in [-0.39, 0.29) is 0 Å². The van der Waals surface area contributed by atoms with Crippen molar-refractivity contribution < 1.29 is 4.74 Å². The van der Waals surface area contributed by atoms with E-state index in [4.69, 9.17) is 4.74 Å². The Morgan fingerprint density at radius 2 is 2.36 bits per heavy atom. The molecule has 3 rings (SSSR count). The fourth-order valence-electron chi connectivity index (χ4n) is 1.56. The van der Waals surface area contributed by atoms with Crippen LogP contribution in [0.5, 0.6) is 5.75 Å². The van der Waals surface area contributed by atoms with Gasteiger partial charge in [0.05, 0.1) is 25.2 Å². The molecule has 2 heterocycles. The molecule has 1 fully saturated rings. The molecule has 2 aromatic rings. The summed E-state index contributed by atoms with van der Waals surface area (Å²) in [5.41, 5.74) is 2.05. The van der Waals surface area contributed by atoms with E-state index in [2.05, 4.69) is 16.1 Å². The van der Waals surface area contributed by atoms with Gasteiger partial charge in [-0.1, -0.05) is 0 Å². The van der Waals surface area contributed by atoms with Crippen LogP contribution in [0.2, 0.25) is 0 Å². The SMILES string of the molecule is COc1cnc2cc(C3CC3)nn2c1. The molecule has 4 heteroatoms. The molecule has 0 aliphatic heterocycles. The fourth-order valence-corrected chi connectivity index (χ4v) is 1.56. The minimum absolute atomic E-state index is 0.669. The second kappa shape index (κ2) is 2.70. The quantitative estimate of drug-likeness (QED) is 0.720. The van der Waals surface area contributed by atoms with Gasteiger partial charge in [0.1, 0.15) is 0 Å². The van der Waals surface area contributed by atoms with Crippen LogP contribution in [-0.4, -0.2) is 21.7 Å². The molecule has 0 amide bonds. The number of hydrogen-bond donors (Lipinski definition) is 0. The highest BCUT2D eigenvalue weighted by Gasteiger charge is 2.26. The highest BCUT2D eigenvalue weighted by Crippen LogP contribution is 2.39. The number of methoxy groups -OCH3 is 1. The number of fused-ring (bicyclic) bond motifs is 1. The van der Waals surface area contributed by atoms with Crippen molar-refractivity contribution >= 4 is 5.65 Å². The van der Waals surface area contributed by atoms with Crippen molar-refractivity contribution in [2.24, 2.45) is 0 Å². The van der Waals surface area contributed by atoms with Crippen LogP contribution >= 0.6 is 0 Å². The predicted octanol–water partition coefficient (Wildman–Crippen LogP) is 1.62. The van der Waals surface area contributed by atoms with E-state index in [0.717, 1.165) is 17.1 Å². The minimum atomic E-state index is 0.669. The third-order valence-electron chi connectivity index (χ3n) is 2.54. The van der Waals surface area contributed by atoms with Gasteiger partial charge >= 0.3 is 0 Å². The number of rotatable bonds is 2. The van der Waals surface area contributed by atoms with Crippen LogP contribution in [0.4, 0.5) is 0 Å². The smallest absolute Gasteiger partial charge is 0.155 e. The summed E-state index contributed by atoms with van der Waals surface area (Å²) in [6.45, 7) is 0. The van der Waals surface area contributed by atoms with Crippen LogP contribution in [-0.2, 0) is 0 Å². The zero-order chi connectivity index (χ0) is 9.54. The average Bonchev–Trinajstić information content (AvgIpc) is 2.97. The summed E-state index contributed by atoms with van der Waals surface area (Å²) in [6, 6.07) is 2.05. The molecule has 0 bridgehead atoms. The maximum absolute atomic E-state index is 5.08. The topological polar surface area (TPSA) is 39.4 Å². The molecule has 0 radical (unpaired) electrons. The lowest BCUT2D eigenvalue weighted by Crippen LogP contribution is -1.92. The average molecular weight is 189 g/mol. The van der Waals surface area contributed by atoms with Crippen molar-refractivity contribution in [3.05, 3.63) is 24.2 Å². The van der Waals surface area contributed by atoms with Gasteiger partial charge in [0, 0.05) is 12.0 Å². The summed E-state index contributed by atoms with van der Waals surface area (Å²) < 4.78 is 6.87. The van der Waals surface area contributed by atoms with Gasteiger partial charge in [-0.3, -0.25) is 0 Å². The molecule has 0 unspecified atom stereocenters. The van der Waals surface area contributed by atoms with E-state index < -0.39 is 0 Å². The fraction of sp³-hybridized carbons (Fsp3) is 0.400. The number of hydrogen-bond acceptors (Lipinski definition) is 3. The van der Waals surface area contributed by atoms with Crippen molar-refractivity contribution in [3.63, 3.8) is 0 Å². The summed E-state index contributed by atoms with van der Waals surface area (Å²) in [5.74, 6) is 1.41. The van der Waals surface area contributed by atoms with Crippen molar-refractivity contribution in [2.45, 2.75) is 18.8 Å². The Hall–Kier alpha value is -1.58. The van der Waals surface area contributed by atoms with Crippen molar-refractivity contribution in [1.82, 2.24) is 14.6 Å². The van der Waals surface area contributed by atoms with Gasteiger partial charge in [0.15, 0.2) is 11.4 Å². The first-order valence-electron chi connectivity index (χ1n) is 4.76. The highest BCUT2D eigenvalue weighted by atomic mass is 16.5. The number of ether oxygens (including phenoxy) is 1. The highest BCUT2D eigenvalue weighted by molar-refractivity contribution is 5.42. The summed E-state index contributed by atoms with van der Waals surface area (Å²) in [6.07, 6.45) is 6.10. The van der Waals surface area contributed by atoms with E-state index in [1.54, 1.807) is 17.8 Å². The lowest BCUT2D eigenvalue weighted by Gasteiger charge is -1.97. The molecular weight excluding hydrogens is 178 g/mol. The van der Waals surface area contributed by atoms with E-state index >= 15 is 0 Å². The Bertz CT molecular complexity index is 473. The maximum atomic E-state index is 5.08. The Morgan fingerprint density at radius 3 is 3.07 bits per heavy atom. The Labute approximate surface area is 81.5 Å².